The van der Waals surface area contributed by atoms with Crippen molar-refractivity contribution in [2.24, 2.45) is 11.3 Å². The van der Waals surface area contributed by atoms with Crippen LogP contribution < -0.4 is 0 Å². The van der Waals surface area contributed by atoms with Crippen molar-refractivity contribution in [3.05, 3.63) is 0 Å². The van der Waals surface area contributed by atoms with Crippen LogP contribution in [0.25, 0.3) is 0 Å². The monoisotopic (exact) mass is 113 g/mol. The molecule has 0 heteroatoms. The zero-order valence-corrected chi connectivity index (χ0v) is 6.07. The lowest BCUT2D eigenvalue weighted by atomic mass is 9.90. The Morgan fingerprint density at radius 3 is 2.12 bits per heavy atom. The van der Waals surface area contributed by atoms with Crippen LogP contribution in [0.5, 0.6) is 0 Å². The molecule has 1 aliphatic rings. The number of hydrogen-bond donors (Lipinski definition) is 0. The third kappa shape index (κ3) is 2.34. The van der Waals surface area contributed by atoms with Crippen LogP contribution in [0.1, 0.15) is 41.4 Å². The lowest BCUT2D eigenvalue weighted by Crippen LogP contribution is -2.04. The topological polar surface area (TPSA) is 0 Å². The highest BCUT2D eigenvalue weighted by atomic mass is 14.3. The molecule has 8 heavy (non-hydrogen) atoms. The molecule has 0 saturated heterocycles. The van der Waals surface area contributed by atoms with E-state index in [2.05, 4.69) is 20.8 Å². The molecule has 0 amide bonds. The van der Waals surface area contributed by atoms with Gasteiger partial charge in [-0.15, -0.1) is 0 Å². The lowest BCUT2D eigenvalue weighted by molar-refractivity contribution is 0.354. The van der Waals surface area contributed by atoms with Gasteiger partial charge in [-0.25, -0.2) is 0 Å². The standard InChI is InChI=1S/C8H16/c1-8(2,3)6-7-4-5-7/h7H,4-6H2,1-3H3/i6D. The molecule has 0 heterocycles. The maximum Gasteiger partial charge on any atom is 0.0275 e. The number of hydrogen-bond acceptors (Lipinski definition) is 0. The average molecular weight is 113 g/mol. The molecule has 0 aromatic carbocycles. The Kier molecular flexibility index (Phi) is 1.06. The Balaban J connectivity index is 2.40. The molecule has 1 rings (SSSR count). The molecule has 0 nitrogen and oxygen atoms in total. The van der Waals surface area contributed by atoms with Crippen molar-refractivity contribution < 1.29 is 1.37 Å². The minimum atomic E-state index is 0.178. The van der Waals surface area contributed by atoms with Crippen molar-refractivity contribution in [1.82, 2.24) is 0 Å². The van der Waals surface area contributed by atoms with Gasteiger partial charge < -0.3 is 0 Å². The van der Waals surface area contributed by atoms with Crippen molar-refractivity contribution in [2.45, 2.75) is 40.0 Å². The van der Waals surface area contributed by atoms with Crippen LogP contribution in [0.3, 0.4) is 0 Å². The first-order valence-corrected chi connectivity index (χ1v) is 3.44. The second kappa shape index (κ2) is 1.75. The quantitative estimate of drug-likeness (QED) is 0.490. The summed E-state index contributed by atoms with van der Waals surface area (Å²) >= 11 is 0. The second-order valence-electron chi connectivity index (χ2n) is 3.87. The van der Waals surface area contributed by atoms with E-state index in [4.69, 9.17) is 1.37 Å². The van der Waals surface area contributed by atoms with Crippen LogP contribution in [-0.2, 0) is 0 Å². The fraction of sp³-hybridized carbons (Fsp3) is 1.00. The Morgan fingerprint density at radius 2 is 2.00 bits per heavy atom. The van der Waals surface area contributed by atoms with Crippen LogP contribution in [0.15, 0.2) is 0 Å². The molecule has 0 bridgehead atoms. The molecule has 0 spiro atoms. The van der Waals surface area contributed by atoms with Crippen molar-refractivity contribution in [3.63, 3.8) is 0 Å². The summed E-state index contributed by atoms with van der Waals surface area (Å²) in [6, 6.07) is 0. The molecule has 1 fully saturated rings. The highest BCUT2D eigenvalue weighted by Crippen LogP contribution is 2.39. The fourth-order valence-electron chi connectivity index (χ4n) is 0.970. The van der Waals surface area contributed by atoms with Crippen molar-refractivity contribution in [1.29, 1.82) is 0 Å². The van der Waals surface area contributed by atoms with E-state index < -0.39 is 0 Å². The second-order valence-corrected chi connectivity index (χ2v) is 3.87. The predicted octanol–water partition coefficient (Wildman–Crippen LogP) is 2.83. The maximum absolute atomic E-state index is 7.74. The minimum absolute atomic E-state index is 0.178. The first-order chi connectivity index (χ1) is 4.02. The smallest absolute Gasteiger partial charge is 0.0275 e. The minimum Gasteiger partial charge on any atom is -0.0602 e. The van der Waals surface area contributed by atoms with Gasteiger partial charge in [0, 0.05) is 1.37 Å². The summed E-state index contributed by atoms with van der Waals surface area (Å²) < 4.78 is 7.74. The van der Waals surface area contributed by atoms with Crippen LogP contribution in [0, 0.1) is 11.3 Å². The Hall–Kier alpha value is 0. The maximum atomic E-state index is 7.74. The Morgan fingerprint density at radius 1 is 1.50 bits per heavy atom. The Labute approximate surface area is 53.7 Å². The molecule has 0 radical (unpaired) electrons. The van der Waals surface area contributed by atoms with E-state index in [1.807, 2.05) is 0 Å². The molecule has 1 unspecified atom stereocenters. The van der Waals surface area contributed by atoms with Gasteiger partial charge in [0.1, 0.15) is 0 Å². The SMILES string of the molecule is [2H]C(C1CC1)C(C)(C)C. The fourth-order valence-corrected chi connectivity index (χ4v) is 0.970. The molecule has 0 aromatic heterocycles. The summed E-state index contributed by atoms with van der Waals surface area (Å²) in [5.41, 5.74) is 0.209. The third-order valence-electron chi connectivity index (χ3n) is 1.36. The largest absolute Gasteiger partial charge is 0.0602 e. The summed E-state index contributed by atoms with van der Waals surface area (Å²) in [4.78, 5) is 0. The summed E-state index contributed by atoms with van der Waals surface area (Å²) in [5.74, 6) is 0.727. The summed E-state index contributed by atoms with van der Waals surface area (Å²) in [6.45, 7) is 6.47. The van der Waals surface area contributed by atoms with Gasteiger partial charge in [0.2, 0.25) is 0 Å². The first kappa shape index (κ1) is 4.84. The van der Waals surface area contributed by atoms with Gasteiger partial charge >= 0.3 is 0 Å². The van der Waals surface area contributed by atoms with Gasteiger partial charge in [-0.2, -0.15) is 0 Å². The van der Waals surface area contributed by atoms with E-state index in [-0.39, 0.29) is 11.8 Å². The van der Waals surface area contributed by atoms with E-state index in [9.17, 15) is 0 Å². The number of rotatable bonds is 1. The summed E-state index contributed by atoms with van der Waals surface area (Å²) in [5, 5.41) is 0. The van der Waals surface area contributed by atoms with Crippen molar-refractivity contribution >= 4 is 0 Å². The van der Waals surface area contributed by atoms with Crippen molar-refractivity contribution in [2.75, 3.05) is 0 Å². The van der Waals surface area contributed by atoms with Crippen LogP contribution >= 0.6 is 0 Å². The van der Waals surface area contributed by atoms with Gasteiger partial charge in [-0.3, -0.25) is 0 Å². The average Bonchev–Trinajstić information content (AvgIpc) is 2.40. The van der Waals surface area contributed by atoms with Gasteiger partial charge in [-0.05, 0) is 17.7 Å². The van der Waals surface area contributed by atoms with E-state index in [0.717, 1.165) is 5.92 Å². The van der Waals surface area contributed by atoms with E-state index >= 15 is 0 Å². The molecular formula is C8H16. The zero-order chi connectivity index (χ0) is 7.07. The molecule has 1 aliphatic carbocycles. The third-order valence-corrected chi connectivity index (χ3v) is 1.36. The lowest BCUT2D eigenvalue weighted by Gasteiger charge is -2.16. The van der Waals surface area contributed by atoms with E-state index in [1.165, 1.54) is 12.8 Å². The molecule has 0 aromatic rings. The Bertz CT molecular complexity index is 97.6. The van der Waals surface area contributed by atoms with Gasteiger partial charge in [0.25, 0.3) is 0 Å². The normalized spacial score (nSPS) is 27.1. The van der Waals surface area contributed by atoms with Crippen molar-refractivity contribution in [3.8, 4) is 0 Å². The van der Waals surface area contributed by atoms with Crippen LogP contribution in [0.4, 0.5) is 0 Å². The molecule has 1 atom stereocenters. The molecule has 1 saturated carbocycles. The van der Waals surface area contributed by atoms with Gasteiger partial charge in [-0.1, -0.05) is 33.6 Å². The first-order valence-electron chi connectivity index (χ1n) is 4.02. The van der Waals surface area contributed by atoms with Crippen LogP contribution in [-0.4, -0.2) is 0 Å². The van der Waals surface area contributed by atoms with Crippen LogP contribution in [0.2, 0.25) is 0 Å². The zero-order valence-electron chi connectivity index (χ0n) is 7.07. The van der Waals surface area contributed by atoms with E-state index in [0.29, 0.717) is 0 Å². The van der Waals surface area contributed by atoms with E-state index in [1.54, 1.807) is 0 Å². The van der Waals surface area contributed by atoms with Gasteiger partial charge in [0.15, 0.2) is 0 Å². The predicted molar refractivity (Wildman–Crippen MR) is 36.8 cm³/mol. The molecule has 0 aliphatic heterocycles. The molecule has 48 valence electrons. The molecule has 0 N–H and O–H groups in total. The highest BCUT2D eigenvalue weighted by Gasteiger charge is 2.26. The summed E-state index contributed by atoms with van der Waals surface area (Å²) in [6.07, 6.45) is 2.77. The molecular weight excluding hydrogens is 96.1 g/mol. The van der Waals surface area contributed by atoms with Gasteiger partial charge in [0.05, 0.1) is 0 Å². The highest BCUT2D eigenvalue weighted by molar-refractivity contribution is 4.78. The summed E-state index contributed by atoms with van der Waals surface area (Å²) in [7, 11) is 0.